The lowest BCUT2D eigenvalue weighted by Crippen LogP contribution is -2.46. The molecular weight excluding hydrogens is 424 g/mol. The van der Waals surface area contributed by atoms with Crippen molar-refractivity contribution in [1.29, 1.82) is 0 Å². The van der Waals surface area contributed by atoms with Crippen LogP contribution >= 0.6 is 11.3 Å². The summed E-state index contributed by atoms with van der Waals surface area (Å²) in [6.07, 6.45) is 3.14. The SMILES string of the molecule is Cc1sc2ncnc(N3CCC(C(=O)N(C)C[C@@H]4COc5ccccc5O4)CC3)c2c1C. The van der Waals surface area contributed by atoms with Crippen molar-refractivity contribution in [1.82, 2.24) is 14.9 Å². The predicted octanol–water partition coefficient (Wildman–Crippen LogP) is 3.82. The highest BCUT2D eigenvalue weighted by Gasteiger charge is 2.31. The molecule has 2 aromatic heterocycles. The highest BCUT2D eigenvalue weighted by molar-refractivity contribution is 7.18. The quantitative estimate of drug-likeness (QED) is 0.600. The van der Waals surface area contributed by atoms with Crippen LogP contribution in [0, 0.1) is 19.8 Å². The average molecular weight is 453 g/mol. The van der Waals surface area contributed by atoms with Crippen LogP contribution in [-0.4, -0.2) is 60.2 Å². The van der Waals surface area contributed by atoms with E-state index in [2.05, 4.69) is 28.7 Å². The monoisotopic (exact) mass is 452 g/mol. The molecule has 1 atom stereocenters. The number of para-hydroxylation sites is 2. The molecule has 2 aliphatic rings. The van der Waals surface area contributed by atoms with Crippen molar-refractivity contribution in [3.05, 3.63) is 41.0 Å². The minimum absolute atomic E-state index is 0.0238. The van der Waals surface area contributed by atoms with Crippen molar-refractivity contribution in [3.63, 3.8) is 0 Å². The van der Waals surface area contributed by atoms with Crippen LogP contribution in [0.1, 0.15) is 23.3 Å². The summed E-state index contributed by atoms with van der Waals surface area (Å²) < 4.78 is 11.8. The van der Waals surface area contributed by atoms with Crippen molar-refractivity contribution in [3.8, 4) is 11.5 Å². The Labute approximate surface area is 192 Å². The second-order valence-electron chi connectivity index (χ2n) is 8.64. The summed E-state index contributed by atoms with van der Waals surface area (Å²) in [5.74, 6) is 2.72. The van der Waals surface area contributed by atoms with Gasteiger partial charge in [-0.3, -0.25) is 4.79 Å². The third-order valence-corrected chi connectivity index (χ3v) is 7.63. The van der Waals surface area contributed by atoms with E-state index in [-0.39, 0.29) is 17.9 Å². The average Bonchev–Trinajstić information content (AvgIpc) is 3.12. The van der Waals surface area contributed by atoms with Gasteiger partial charge in [0.15, 0.2) is 17.6 Å². The van der Waals surface area contributed by atoms with E-state index in [9.17, 15) is 4.79 Å². The van der Waals surface area contributed by atoms with Crippen LogP contribution in [0.3, 0.4) is 0 Å². The van der Waals surface area contributed by atoms with Crippen LogP contribution in [0.2, 0.25) is 0 Å². The second kappa shape index (κ2) is 8.58. The van der Waals surface area contributed by atoms with Crippen molar-refractivity contribution < 1.29 is 14.3 Å². The first-order valence-electron chi connectivity index (χ1n) is 11.1. The number of carbonyl (C=O) groups is 1. The molecule has 0 spiro atoms. The van der Waals surface area contributed by atoms with E-state index in [0.29, 0.717) is 13.2 Å². The summed E-state index contributed by atoms with van der Waals surface area (Å²) in [5.41, 5.74) is 1.26. The Morgan fingerprint density at radius 3 is 2.72 bits per heavy atom. The first-order valence-corrected chi connectivity index (χ1v) is 11.9. The predicted molar refractivity (Wildman–Crippen MR) is 126 cm³/mol. The molecule has 8 heteroatoms. The number of benzene rings is 1. The second-order valence-corrected chi connectivity index (χ2v) is 9.84. The maximum Gasteiger partial charge on any atom is 0.225 e. The van der Waals surface area contributed by atoms with Crippen LogP contribution in [-0.2, 0) is 4.79 Å². The number of likely N-dealkylation sites (N-methyl/N-ethyl adjacent to an activating group) is 1. The Hall–Kier alpha value is -2.87. The van der Waals surface area contributed by atoms with Gasteiger partial charge in [-0.1, -0.05) is 12.1 Å². The van der Waals surface area contributed by atoms with Gasteiger partial charge in [-0.2, -0.15) is 0 Å². The van der Waals surface area contributed by atoms with E-state index in [4.69, 9.17) is 9.47 Å². The molecule has 7 nitrogen and oxygen atoms in total. The lowest BCUT2D eigenvalue weighted by atomic mass is 9.95. The molecule has 1 fully saturated rings. The number of rotatable bonds is 4. The summed E-state index contributed by atoms with van der Waals surface area (Å²) in [4.78, 5) is 28.6. The summed E-state index contributed by atoms with van der Waals surface area (Å²) in [6.45, 7) is 6.89. The minimum Gasteiger partial charge on any atom is -0.486 e. The third kappa shape index (κ3) is 3.88. The number of ether oxygens (including phenoxy) is 2. The largest absolute Gasteiger partial charge is 0.486 e. The molecule has 32 heavy (non-hydrogen) atoms. The fourth-order valence-corrected chi connectivity index (χ4v) is 5.59. The van der Waals surface area contributed by atoms with Gasteiger partial charge in [-0.15, -0.1) is 11.3 Å². The van der Waals surface area contributed by atoms with Gasteiger partial charge in [-0.05, 0) is 44.4 Å². The van der Waals surface area contributed by atoms with Gasteiger partial charge < -0.3 is 19.3 Å². The van der Waals surface area contributed by atoms with E-state index >= 15 is 0 Å². The molecule has 0 saturated carbocycles. The van der Waals surface area contributed by atoms with Gasteiger partial charge in [0.05, 0.1) is 11.9 Å². The molecule has 168 valence electrons. The van der Waals surface area contributed by atoms with E-state index < -0.39 is 0 Å². The Morgan fingerprint density at radius 2 is 1.94 bits per heavy atom. The van der Waals surface area contributed by atoms with E-state index in [1.165, 1.54) is 10.4 Å². The zero-order valence-corrected chi connectivity index (χ0v) is 19.5. The van der Waals surface area contributed by atoms with E-state index in [0.717, 1.165) is 53.5 Å². The number of amides is 1. The Morgan fingerprint density at radius 1 is 1.19 bits per heavy atom. The number of nitrogens with zero attached hydrogens (tertiary/aromatic N) is 4. The van der Waals surface area contributed by atoms with Gasteiger partial charge in [-0.25, -0.2) is 9.97 Å². The van der Waals surface area contributed by atoms with Crippen molar-refractivity contribution in [2.75, 3.05) is 38.2 Å². The zero-order chi connectivity index (χ0) is 22.2. The number of hydrogen-bond acceptors (Lipinski definition) is 7. The number of aryl methyl sites for hydroxylation is 2. The summed E-state index contributed by atoms with van der Waals surface area (Å²) in [5, 5.41) is 1.16. The van der Waals surface area contributed by atoms with Crippen molar-refractivity contribution >= 4 is 33.3 Å². The fourth-order valence-electron chi connectivity index (χ4n) is 4.60. The minimum atomic E-state index is -0.155. The molecule has 0 radical (unpaired) electrons. The number of hydrogen-bond donors (Lipinski definition) is 0. The normalized spacial score (nSPS) is 18.7. The van der Waals surface area contributed by atoms with Gasteiger partial charge in [0.1, 0.15) is 23.6 Å². The summed E-state index contributed by atoms with van der Waals surface area (Å²) in [7, 11) is 1.87. The number of anilines is 1. The molecule has 3 aromatic rings. The van der Waals surface area contributed by atoms with Gasteiger partial charge in [0.25, 0.3) is 0 Å². The number of carbonyl (C=O) groups excluding carboxylic acids is 1. The molecule has 2 aliphatic heterocycles. The lowest BCUT2D eigenvalue weighted by Gasteiger charge is -2.35. The summed E-state index contributed by atoms with van der Waals surface area (Å²) >= 11 is 1.72. The molecule has 0 unspecified atom stereocenters. The standard InChI is InChI=1S/C24H28N4O3S/c1-15-16(2)32-23-21(15)22(25-14-26-23)28-10-8-17(9-11-28)24(29)27(3)12-18-13-30-19-6-4-5-7-20(19)31-18/h4-7,14,17-18H,8-13H2,1-3H3/t18-/m1/s1. The maximum absolute atomic E-state index is 13.1. The third-order valence-electron chi connectivity index (χ3n) is 6.51. The van der Waals surface area contributed by atoms with Crippen LogP contribution < -0.4 is 14.4 Å². The molecular formula is C24H28N4O3S. The Bertz CT molecular complexity index is 1140. The highest BCUT2D eigenvalue weighted by atomic mass is 32.1. The molecule has 1 saturated heterocycles. The number of aromatic nitrogens is 2. The molecule has 1 amide bonds. The fraction of sp³-hybridized carbons (Fsp3) is 0.458. The van der Waals surface area contributed by atoms with E-state index in [1.807, 2.05) is 31.3 Å². The Kier molecular flexibility index (Phi) is 5.63. The first-order chi connectivity index (χ1) is 15.5. The number of fused-ring (bicyclic) bond motifs is 2. The van der Waals surface area contributed by atoms with Crippen LogP contribution in [0.5, 0.6) is 11.5 Å². The van der Waals surface area contributed by atoms with Gasteiger partial charge in [0, 0.05) is 30.9 Å². The summed E-state index contributed by atoms with van der Waals surface area (Å²) in [6, 6.07) is 7.66. The Balaban J connectivity index is 1.20. The molecule has 0 N–H and O–H groups in total. The van der Waals surface area contributed by atoms with Gasteiger partial charge in [0.2, 0.25) is 5.91 Å². The molecule has 1 aromatic carbocycles. The molecule has 4 heterocycles. The van der Waals surface area contributed by atoms with Crippen LogP contribution in [0.15, 0.2) is 30.6 Å². The molecule has 5 rings (SSSR count). The smallest absolute Gasteiger partial charge is 0.225 e. The zero-order valence-electron chi connectivity index (χ0n) is 18.7. The lowest BCUT2D eigenvalue weighted by molar-refractivity contribution is -0.136. The maximum atomic E-state index is 13.1. The van der Waals surface area contributed by atoms with E-state index in [1.54, 1.807) is 22.6 Å². The first kappa shape index (κ1) is 21.0. The number of piperidine rings is 1. The van der Waals surface area contributed by atoms with Crippen molar-refractivity contribution in [2.24, 2.45) is 5.92 Å². The topological polar surface area (TPSA) is 67.8 Å². The molecule has 0 aliphatic carbocycles. The number of thiophene rings is 1. The van der Waals surface area contributed by atoms with Crippen LogP contribution in [0.25, 0.3) is 10.2 Å². The van der Waals surface area contributed by atoms with Crippen molar-refractivity contribution in [2.45, 2.75) is 32.8 Å². The van der Waals surface area contributed by atoms with Crippen LogP contribution in [0.4, 0.5) is 5.82 Å². The highest BCUT2D eigenvalue weighted by Crippen LogP contribution is 2.36. The molecule has 0 bridgehead atoms. The van der Waals surface area contributed by atoms with Gasteiger partial charge >= 0.3 is 0 Å².